The molecule has 8 nitrogen and oxygen atoms in total. The Morgan fingerprint density at radius 3 is 2.33 bits per heavy atom. The topological polar surface area (TPSA) is 89.5 Å². The molecule has 156 valence electrons. The van der Waals surface area contributed by atoms with E-state index in [4.69, 9.17) is 28.4 Å². The molecule has 0 N–H and O–H groups in total. The van der Waals surface area contributed by atoms with Crippen molar-refractivity contribution in [2.75, 3.05) is 34.7 Å². The molecule has 2 fully saturated rings. The smallest absolute Gasteiger partial charge is 0.321 e. The Morgan fingerprint density at radius 1 is 0.967 bits per heavy atom. The fourth-order valence-corrected chi connectivity index (χ4v) is 4.71. The number of Topliss-reactive ketones (excluding diaryl/α,β-unsaturated/α-hetero) is 1. The zero-order chi connectivity index (χ0) is 21.0. The lowest BCUT2D eigenvalue weighted by molar-refractivity contribution is -0.143. The summed E-state index contributed by atoms with van der Waals surface area (Å²) in [6, 6.07) is 8.52. The van der Waals surface area contributed by atoms with Crippen LogP contribution in [0.25, 0.3) is 0 Å². The maximum atomic E-state index is 13.6. The van der Waals surface area contributed by atoms with Crippen molar-refractivity contribution in [3.63, 3.8) is 0 Å². The molecule has 0 amide bonds. The second kappa shape index (κ2) is 6.55. The molecule has 3 aliphatic rings. The highest BCUT2D eigenvalue weighted by molar-refractivity contribution is 6.18. The van der Waals surface area contributed by atoms with Crippen LogP contribution >= 0.6 is 0 Å². The van der Waals surface area contributed by atoms with E-state index in [0.29, 0.717) is 34.3 Å². The Labute approximate surface area is 172 Å². The number of cyclic esters (lactones) is 1. The minimum atomic E-state index is -1.27. The molecule has 2 heterocycles. The Kier molecular flexibility index (Phi) is 4.06. The minimum absolute atomic E-state index is 0.108. The van der Waals surface area contributed by atoms with Gasteiger partial charge in [0, 0.05) is 17.4 Å². The van der Waals surface area contributed by atoms with Crippen LogP contribution in [-0.4, -0.2) is 46.5 Å². The summed E-state index contributed by atoms with van der Waals surface area (Å²) in [5.41, 5.74) is -0.114. The van der Waals surface area contributed by atoms with E-state index in [0.717, 1.165) is 5.56 Å². The number of benzene rings is 2. The molecule has 0 spiro atoms. The monoisotopic (exact) mass is 412 g/mol. The first-order valence-corrected chi connectivity index (χ1v) is 9.47. The molecule has 1 saturated heterocycles. The van der Waals surface area contributed by atoms with Gasteiger partial charge in [0.25, 0.3) is 0 Å². The number of carbonyl (C=O) groups is 2. The van der Waals surface area contributed by atoms with Gasteiger partial charge in [0.2, 0.25) is 12.5 Å². The molecule has 0 unspecified atom stereocenters. The highest BCUT2D eigenvalue weighted by Gasteiger charge is 2.79. The summed E-state index contributed by atoms with van der Waals surface area (Å²) in [7, 11) is 4.57. The van der Waals surface area contributed by atoms with E-state index in [1.54, 1.807) is 30.3 Å². The van der Waals surface area contributed by atoms with Crippen LogP contribution in [0.4, 0.5) is 0 Å². The first kappa shape index (κ1) is 18.6. The van der Waals surface area contributed by atoms with Crippen molar-refractivity contribution in [2.24, 2.45) is 11.3 Å². The maximum absolute atomic E-state index is 13.6. The van der Waals surface area contributed by atoms with Crippen LogP contribution < -0.4 is 23.7 Å². The van der Waals surface area contributed by atoms with Gasteiger partial charge in [0.15, 0.2) is 28.8 Å². The Hall–Kier alpha value is -3.42. The molecule has 8 heteroatoms. The van der Waals surface area contributed by atoms with Crippen molar-refractivity contribution in [1.82, 2.24) is 0 Å². The number of carbonyl (C=O) groups excluding carboxylic acids is 2. The van der Waals surface area contributed by atoms with Gasteiger partial charge in [-0.3, -0.25) is 9.59 Å². The van der Waals surface area contributed by atoms with Crippen LogP contribution in [0.5, 0.6) is 28.7 Å². The van der Waals surface area contributed by atoms with E-state index in [1.807, 2.05) is 0 Å². The third kappa shape index (κ3) is 2.33. The van der Waals surface area contributed by atoms with Crippen molar-refractivity contribution in [2.45, 2.75) is 5.92 Å². The molecule has 2 aromatic carbocycles. The number of rotatable bonds is 6. The molecular weight excluding hydrogens is 392 g/mol. The van der Waals surface area contributed by atoms with Crippen molar-refractivity contribution in [3.05, 3.63) is 41.5 Å². The second-order valence-corrected chi connectivity index (χ2v) is 7.41. The average molecular weight is 412 g/mol. The standard InChI is InChI=1S/C22H20O8/c1-25-16-7-12(8-17(26-2)19(16)27-3)18-13-9-28-21(24)22(13,18)20(23)11-4-5-14-15(6-11)30-10-29-14/h4-8,13,18H,9-10H2,1-3H3/t13-,18-,22-/m0/s1. The highest BCUT2D eigenvalue weighted by Crippen LogP contribution is 2.70. The van der Waals surface area contributed by atoms with Gasteiger partial charge in [-0.1, -0.05) is 0 Å². The number of methoxy groups -OCH3 is 3. The summed E-state index contributed by atoms with van der Waals surface area (Å²) < 4.78 is 32.2. The van der Waals surface area contributed by atoms with E-state index in [9.17, 15) is 9.59 Å². The molecule has 0 radical (unpaired) electrons. The van der Waals surface area contributed by atoms with E-state index >= 15 is 0 Å². The minimum Gasteiger partial charge on any atom is -0.493 e. The Bertz CT molecular complexity index is 1040. The van der Waals surface area contributed by atoms with Gasteiger partial charge in [-0.15, -0.1) is 0 Å². The van der Waals surface area contributed by atoms with Crippen LogP contribution in [0.2, 0.25) is 0 Å². The SMILES string of the molecule is COc1cc([C@H]2[C@@H]3COC(=O)[C@@]32C(=O)c2ccc3c(c2)OCO3)cc(OC)c1OC. The molecule has 0 bridgehead atoms. The number of fused-ring (bicyclic) bond motifs is 2. The van der Waals surface area contributed by atoms with Crippen molar-refractivity contribution in [3.8, 4) is 28.7 Å². The van der Waals surface area contributed by atoms with Crippen LogP contribution in [0.15, 0.2) is 30.3 Å². The summed E-state index contributed by atoms with van der Waals surface area (Å²) in [5, 5.41) is 0. The molecule has 30 heavy (non-hydrogen) atoms. The van der Waals surface area contributed by atoms with Crippen LogP contribution in [0.3, 0.4) is 0 Å². The number of hydrogen-bond donors (Lipinski definition) is 0. The van der Waals surface area contributed by atoms with Gasteiger partial charge in [-0.25, -0.2) is 0 Å². The summed E-state index contributed by atoms with van der Waals surface area (Å²) in [6.45, 7) is 0.299. The zero-order valence-electron chi connectivity index (χ0n) is 16.7. The lowest BCUT2D eigenvalue weighted by Gasteiger charge is -2.17. The van der Waals surface area contributed by atoms with Crippen molar-refractivity contribution < 1.29 is 38.0 Å². The number of ketones is 1. The van der Waals surface area contributed by atoms with Gasteiger partial charge in [-0.2, -0.15) is 0 Å². The summed E-state index contributed by atoms with van der Waals surface area (Å²) in [5.74, 6) is 1.06. The molecule has 0 aromatic heterocycles. The molecule has 2 aromatic rings. The number of hydrogen-bond acceptors (Lipinski definition) is 8. The summed E-state index contributed by atoms with van der Waals surface area (Å²) in [6.07, 6.45) is 0. The van der Waals surface area contributed by atoms with Crippen molar-refractivity contribution >= 4 is 11.8 Å². The van der Waals surface area contributed by atoms with Gasteiger partial charge in [0.1, 0.15) is 5.41 Å². The Balaban J connectivity index is 1.57. The number of esters is 1. The third-order valence-electron chi connectivity index (χ3n) is 6.16. The Morgan fingerprint density at radius 2 is 1.67 bits per heavy atom. The average Bonchev–Trinajstić information content (AvgIpc) is 3.03. The summed E-state index contributed by atoms with van der Waals surface area (Å²) in [4.78, 5) is 26.4. The van der Waals surface area contributed by atoms with Gasteiger partial charge >= 0.3 is 5.97 Å². The van der Waals surface area contributed by atoms with E-state index in [1.165, 1.54) is 21.3 Å². The maximum Gasteiger partial charge on any atom is 0.321 e. The lowest BCUT2D eigenvalue weighted by atomic mass is 9.89. The molecule has 1 saturated carbocycles. The van der Waals surface area contributed by atoms with E-state index in [2.05, 4.69) is 0 Å². The van der Waals surface area contributed by atoms with Crippen molar-refractivity contribution in [1.29, 1.82) is 0 Å². The van der Waals surface area contributed by atoms with Crippen LogP contribution in [0, 0.1) is 11.3 Å². The summed E-state index contributed by atoms with van der Waals surface area (Å²) >= 11 is 0. The molecular formula is C22H20O8. The fraction of sp³-hybridized carbons (Fsp3) is 0.364. The molecule has 3 atom stereocenters. The molecule has 5 rings (SSSR count). The van der Waals surface area contributed by atoms with E-state index < -0.39 is 11.4 Å². The largest absolute Gasteiger partial charge is 0.493 e. The van der Waals surface area contributed by atoms with E-state index in [-0.39, 0.29) is 31.0 Å². The zero-order valence-corrected chi connectivity index (χ0v) is 16.7. The van der Waals surface area contributed by atoms with Crippen LogP contribution in [-0.2, 0) is 9.53 Å². The predicted molar refractivity (Wildman–Crippen MR) is 103 cm³/mol. The predicted octanol–water partition coefficient (Wildman–Crippen LogP) is 2.58. The molecule has 1 aliphatic carbocycles. The highest BCUT2D eigenvalue weighted by atomic mass is 16.7. The molecule has 2 aliphatic heterocycles. The first-order valence-electron chi connectivity index (χ1n) is 9.47. The third-order valence-corrected chi connectivity index (χ3v) is 6.16. The quantitative estimate of drug-likeness (QED) is 0.406. The van der Waals surface area contributed by atoms with Gasteiger partial charge < -0.3 is 28.4 Å². The van der Waals surface area contributed by atoms with Gasteiger partial charge in [-0.05, 0) is 35.9 Å². The van der Waals surface area contributed by atoms with Crippen LogP contribution in [0.1, 0.15) is 21.8 Å². The number of ether oxygens (including phenoxy) is 6. The lowest BCUT2D eigenvalue weighted by Crippen LogP contribution is -2.27. The van der Waals surface area contributed by atoms with Gasteiger partial charge in [0.05, 0.1) is 27.9 Å². The first-order chi connectivity index (χ1) is 14.6. The normalized spacial score (nSPS) is 25.4. The second-order valence-electron chi connectivity index (χ2n) is 7.41. The fourth-order valence-electron chi connectivity index (χ4n) is 4.71.